The number of halogens is 1. The Morgan fingerprint density at radius 3 is 2.62 bits per heavy atom. The van der Waals surface area contributed by atoms with Crippen LogP contribution in [-0.2, 0) is 11.3 Å². The van der Waals surface area contributed by atoms with Gasteiger partial charge in [-0.05, 0) is 36.3 Å². The Hall–Kier alpha value is -2.76. The number of aliphatic hydroxyl groups is 1. The molecule has 0 spiro atoms. The number of nitrogens with zero attached hydrogens (tertiary/aromatic N) is 5. The van der Waals surface area contributed by atoms with Crippen LogP contribution in [0.3, 0.4) is 0 Å². The molecular weight excluding hydrogens is 530 g/mol. The molecular formula is C26H26ClN5O3S2. The maximum absolute atomic E-state index is 13.7. The van der Waals surface area contributed by atoms with Gasteiger partial charge in [0.05, 0.1) is 23.6 Å². The fraction of sp³-hybridized carbons (Fsp3) is 0.308. The number of piperazine rings is 1. The van der Waals surface area contributed by atoms with Crippen molar-refractivity contribution < 1.29 is 9.90 Å². The lowest BCUT2D eigenvalue weighted by Gasteiger charge is -2.35. The van der Waals surface area contributed by atoms with Crippen molar-refractivity contribution in [3.8, 4) is 0 Å². The van der Waals surface area contributed by atoms with E-state index >= 15 is 0 Å². The Bertz CT molecular complexity index is 1470. The number of hydrogen-bond acceptors (Lipinski definition) is 8. The number of fused-ring (bicyclic) bond motifs is 1. The van der Waals surface area contributed by atoms with Crippen LogP contribution in [0.5, 0.6) is 0 Å². The maximum Gasteiger partial charge on any atom is 0.267 e. The van der Waals surface area contributed by atoms with Gasteiger partial charge in [-0.25, -0.2) is 4.98 Å². The summed E-state index contributed by atoms with van der Waals surface area (Å²) in [5, 5.41) is 9.85. The van der Waals surface area contributed by atoms with Crippen LogP contribution in [0.25, 0.3) is 11.7 Å². The fourth-order valence-electron chi connectivity index (χ4n) is 4.50. The number of β-amino-alcohol motifs (C(OH)–C–C–N with tert-alkyl or cyclic N) is 1. The molecule has 4 heterocycles. The van der Waals surface area contributed by atoms with Gasteiger partial charge in [0.1, 0.15) is 15.8 Å². The van der Waals surface area contributed by atoms with E-state index in [1.54, 1.807) is 18.3 Å². The van der Waals surface area contributed by atoms with Crippen LogP contribution in [0.15, 0.2) is 52.3 Å². The van der Waals surface area contributed by atoms with Crippen LogP contribution in [0, 0.1) is 6.92 Å². The van der Waals surface area contributed by atoms with Crippen molar-refractivity contribution in [3.63, 3.8) is 0 Å². The molecule has 0 unspecified atom stereocenters. The second-order valence-corrected chi connectivity index (χ2v) is 11.1. The summed E-state index contributed by atoms with van der Waals surface area (Å²) in [7, 11) is 0. The van der Waals surface area contributed by atoms with Crippen LogP contribution in [0.2, 0.25) is 5.02 Å². The van der Waals surface area contributed by atoms with Crippen LogP contribution in [-0.4, -0.2) is 73.8 Å². The van der Waals surface area contributed by atoms with E-state index in [0.29, 0.717) is 50.9 Å². The van der Waals surface area contributed by atoms with Gasteiger partial charge in [0.15, 0.2) is 0 Å². The van der Waals surface area contributed by atoms with Gasteiger partial charge in [-0.2, -0.15) is 0 Å². The number of thioether (sulfide) groups is 1. The van der Waals surface area contributed by atoms with E-state index in [9.17, 15) is 14.7 Å². The average molecular weight is 556 g/mol. The highest BCUT2D eigenvalue weighted by Gasteiger charge is 2.33. The van der Waals surface area contributed by atoms with Gasteiger partial charge in [-0.1, -0.05) is 59.8 Å². The number of rotatable bonds is 6. The molecule has 1 aromatic carbocycles. The van der Waals surface area contributed by atoms with Crippen molar-refractivity contribution in [2.24, 2.45) is 0 Å². The molecule has 0 aliphatic carbocycles. The van der Waals surface area contributed by atoms with Crippen molar-refractivity contribution in [2.45, 2.75) is 13.5 Å². The lowest BCUT2D eigenvalue weighted by molar-refractivity contribution is -0.122. The van der Waals surface area contributed by atoms with Crippen LogP contribution >= 0.6 is 35.6 Å². The first-order valence-corrected chi connectivity index (χ1v) is 13.6. The van der Waals surface area contributed by atoms with E-state index in [-0.39, 0.29) is 24.6 Å². The smallest absolute Gasteiger partial charge is 0.267 e. The predicted octanol–water partition coefficient (Wildman–Crippen LogP) is 3.17. The number of thiocarbonyl (C=S) groups is 1. The number of anilines is 1. The predicted molar refractivity (Wildman–Crippen MR) is 152 cm³/mol. The summed E-state index contributed by atoms with van der Waals surface area (Å²) < 4.78 is 1.94. The topological polar surface area (TPSA) is 81.4 Å². The Balaban J connectivity index is 1.53. The summed E-state index contributed by atoms with van der Waals surface area (Å²) in [5.41, 5.74) is 2.39. The molecule has 2 aliphatic rings. The standard InChI is InChI=1S/C26H26ClN5O3S2/c1-17-6-7-22-28-23(30-10-8-29(9-11-30)12-13-33)19(24(34)31(22)15-17)14-21-25(35)32(26(36)37-21)16-18-4-2-3-5-20(18)27/h2-7,14-15,33H,8-13,16H2,1H3. The summed E-state index contributed by atoms with van der Waals surface area (Å²) in [5.74, 6) is 0.288. The first-order chi connectivity index (χ1) is 17.9. The van der Waals surface area contributed by atoms with E-state index < -0.39 is 0 Å². The van der Waals surface area contributed by atoms with E-state index in [1.165, 1.54) is 21.1 Å². The second kappa shape index (κ2) is 10.9. The van der Waals surface area contributed by atoms with Gasteiger partial charge < -0.3 is 10.0 Å². The molecule has 1 amide bonds. The third-order valence-corrected chi connectivity index (χ3v) is 8.26. The number of carbonyl (C=O) groups excluding carboxylic acids is 1. The lowest BCUT2D eigenvalue weighted by Crippen LogP contribution is -2.48. The molecule has 3 aromatic rings. The van der Waals surface area contributed by atoms with Crippen LogP contribution in [0.4, 0.5) is 5.82 Å². The maximum atomic E-state index is 13.7. The SMILES string of the molecule is Cc1ccc2nc(N3CCN(CCO)CC3)c(C=C3SC(=S)N(Cc4ccccc4Cl)C3=O)c(=O)n2c1. The quantitative estimate of drug-likeness (QED) is 0.367. The molecule has 1 N–H and O–H groups in total. The molecule has 0 bridgehead atoms. The number of aromatic nitrogens is 2. The monoisotopic (exact) mass is 555 g/mol. The Labute approximate surface area is 229 Å². The molecule has 5 rings (SSSR count). The van der Waals surface area contributed by atoms with Gasteiger partial charge in [-0.15, -0.1) is 0 Å². The number of pyridine rings is 1. The fourth-order valence-corrected chi connectivity index (χ4v) is 5.94. The highest BCUT2D eigenvalue weighted by molar-refractivity contribution is 8.26. The first kappa shape index (κ1) is 25.9. The van der Waals surface area contributed by atoms with E-state index in [2.05, 4.69) is 9.80 Å². The number of carbonyl (C=O) groups is 1. The number of amides is 1. The molecule has 37 heavy (non-hydrogen) atoms. The largest absolute Gasteiger partial charge is 0.395 e. The molecule has 8 nitrogen and oxygen atoms in total. The van der Waals surface area contributed by atoms with Crippen molar-refractivity contribution in [3.05, 3.63) is 79.6 Å². The lowest BCUT2D eigenvalue weighted by atomic mass is 10.2. The highest BCUT2D eigenvalue weighted by atomic mass is 35.5. The molecule has 192 valence electrons. The van der Waals surface area contributed by atoms with Gasteiger partial charge >= 0.3 is 0 Å². The Morgan fingerprint density at radius 2 is 1.89 bits per heavy atom. The molecule has 2 aliphatic heterocycles. The van der Waals surface area contributed by atoms with E-state index in [0.717, 1.165) is 24.2 Å². The summed E-state index contributed by atoms with van der Waals surface area (Å²) in [6, 6.07) is 11.1. The van der Waals surface area contributed by atoms with Gasteiger partial charge in [0.2, 0.25) is 0 Å². The van der Waals surface area contributed by atoms with Crippen molar-refractivity contribution in [1.29, 1.82) is 0 Å². The third-order valence-electron chi connectivity index (χ3n) is 6.51. The number of hydrogen-bond donors (Lipinski definition) is 1. The third kappa shape index (κ3) is 5.30. The summed E-state index contributed by atoms with van der Waals surface area (Å²) in [6.07, 6.45) is 3.39. The Kier molecular flexibility index (Phi) is 7.64. The number of benzene rings is 1. The number of aryl methyl sites for hydroxylation is 1. The molecule has 0 radical (unpaired) electrons. The molecule has 0 atom stereocenters. The minimum Gasteiger partial charge on any atom is -0.395 e. The molecule has 11 heteroatoms. The van der Waals surface area contributed by atoms with E-state index in [4.69, 9.17) is 28.8 Å². The van der Waals surface area contributed by atoms with Crippen LogP contribution in [0.1, 0.15) is 16.7 Å². The Morgan fingerprint density at radius 1 is 1.14 bits per heavy atom. The molecule has 2 saturated heterocycles. The average Bonchev–Trinajstić information content (AvgIpc) is 3.15. The zero-order valence-electron chi connectivity index (χ0n) is 20.3. The first-order valence-electron chi connectivity index (χ1n) is 12.0. The number of aliphatic hydroxyl groups excluding tert-OH is 1. The van der Waals surface area contributed by atoms with E-state index in [1.807, 2.05) is 37.3 Å². The minimum absolute atomic E-state index is 0.107. The van der Waals surface area contributed by atoms with Crippen molar-refractivity contribution >= 4 is 63.3 Å². The normalized spacial score (nSPS) is 18.0. The van der Waals surface area contributed by atoms with Crippen molar-refractivity contribution in [2.75, 3.05) is 44.2 Å². The van der Waals surface area contributed by atoms with Crippen LogP contribution < -0.4 is 10.5 Å². The second-order valence-electron chi connectivity index (χ2n) is 9.00. The van der Waals surface area contributed by atoms with Gasteiger partial charge in [0.25, 0.3) is 11.5 Å². The summed E-state index contributed by atoms with van der Waals surface area (Å²) in [4.78, 5) is 38.1. The molecule has 2 aromatic heterocycles. The minimum atomic E-state index is -0.262. The zero-order chi connectivity index (χ0) is 26.1. The van der Waals surface area contributed by atoms with Gasteiger partial charge in [-0.3, -0.25) is 23.8 Å². The molecule has 0 saturated carbocycles. The van der Waals surface area contributed by atoms with Gasteiger partial charge in [0, 0.05) is 43.9 Å². The highest BCUT2D eigenvalue weighted by Crippen LogP contribution is 2.35. The molecule has 2 fully saturated rings. The summed E-state index contributed by atoms with van der Waals surface area (Å²) >= 11 is 13.0. The van der Waals surface area contributed by atoms with Crippen molar-refractivity contribution in [1.82, 2.24) is 19.2 Å². The summed E-state index contributed by atoms with van der Waals surface area (Å²) in [6.45, 7) is 5.70. The zero-order valence-corrected chi connectivity index (χ0v) is 22.7.